The number of hydrogen-bond acceptors (Lipinski definition) is 2. The molecule has 0 unspecified atom stereocenters. The van der Waals surface area contributed by atoms with E-state index in [4.69, 9.17) is 11.6 Å². The smallest absolute Gasteiger partial charge is 0.417 e. The van der Waals surface area contributed by atoms with E-state index in [0.717, 1.165) is 6.07 Å². The standard InChI is InChI=1S/C17H14ClF3O4/c1-7-5-8(2)13(16(24)25)14(12(7)15(22)23)9-3-4-11(18)10(6-9)17(19,20)21/h3-4,6,14H,5H2,1-2H3,(H,22,23)(H,24,25). The van der Waals surface area contributed by atoms with Crippen molar-refractivity contribution in [3.63, 3.8) is 0 Å². The SMILES string of the molecule is CC1=C(C(=O)O)C(c2ccc(Cl)c(C(F)(F)F)c2)C(C(=O)O)=C(C)C1. The van der Waals surface area contributed by atoms with Gasteiger partial charge in [-0.15, -0.1) is 0 Å². The van der Waals surface area contributed by atoms with Gasteiger partial charge in [0, 0.05) is 17.1 Å². The van der Waals surface area contributed by atoms with E-state index in [1.807, 2.05) is 0 Å². The maximum Gasteiger partial charge on any atom is 0.417 e. The van der Waals surface area contributed by atoms with Crippen LogP contribution >= 0.6 is 11.6 Å². The van der Waals surface area contributed by atoms with Crippen LogP contribution in [0.3, 0.4) is 0 Å². The van der Waals surface area contributed by atoms with Crippen molar-refractivity contribution in [2.45, 2.75) is 32.4 Å². The van der Waals surface area contributed by atoms with Crippen molar-refractivity contribution >= 4 is 23.5 Å². The Bertz CT molecular complexity index is 786. The molecular formula is C17H14ClF3O4. The highest BCUT2D eigenvalue weighted by Gasteiger charge is 2.39. The number of benzene rings is 1. The minimum Gasteiger partial charge on any atom is -0.478 e. The van der Waals surface area contributed by atoms with E-state index >= 15 is 0 Å². The zero-order valence-corrected chi connectivity index (χ0v) is 14.0. The summed E-state index contributed by atoms with van der Waals surface area (Å²) in [6.45, 7) is 3.05. The normalized spacial score (nSPS) is 16.4. The molecule has 0 bridgehead atoms. The first kappa shape index (κ1) is 19.1. The highest BCUT2D eigenvalue weighted by Crippen LogP contribution is 2.44. The maximum absolute atomic E-state index is 13.1. The molecule has 0 saturated carbocycles. The lowest BCUT2D eigenvalue weighted by Crippen LogP contribution is -2.24. The summed E-state index contributed by atoms with van der Waals surface area (Å²) in [5.74, 6) is -4.03. The Kier molecular flexibility index (Phi) is 4.99. The number of aliphatic carboxylic acids is 2. The third-order valence-electron chi connectivity index (χ3n) is 4.12. The predicted molar refractivity (Wildman–Crippen MR) is 84.5 cm³/mol. The summed E-state index contributed by atoms with van der Waals surface area (Å²) in [7, 11) is 0. The van der Waals surface area contributed by atoms with Gasteiger partial charge in [-0.1, -0.05) is 28.8 Å². The summed E-state index contributed by atoms with van der Waals surface area (Å²) in [6, 6.07) is 2.93. The molecule has 0 atom stereocenters. The van der Waals surface area contributed by atoms with Crippen molar-refractivity contribution in [3.8, 4) is 0 Å². The molecule has 4 nitrogen and oxygen atoms in total. The molecule has 0 spiro atoms. The Morgan fingerprint density at radius 2 is 1.56 bits per heavy atom. The van der Waals surface area contributed by atoms with Crippen molar-refractivity contribution in [2.24, 2.45) is 0 Å². The molecule has 2 rings (SSSR count). The molecule has 8 heteroatoms. The summed E-state index contributed by atoms with van der Waals surface area (Å²) in [6.07, 6.45) is -4.61. The predicted octanol–water partition coefficient (Wildman–Crippen LogP) is 4.65. The summed E-state index contributed by atoms with van der Waals surface area (Å²) in [5.41, 5.74) is -0.851. The number of alkyl halides is 3. The molecule has 0 saturated heterocycles. The highest BCUT2D eigenvalue weighted by molar-refractivity contribution is 6.31. The number of carboxylic acid groups (broad SMARTS) is 2. The molecule has 0 aromatic heterocycles. The quantitative estimate of drug-likeness (QED) is 0.807. The Labute approximate surface area is 146 Å². The van der Waals surface area contributed by atoms with Gasteiger partial charge in [0.15, 0.2) is 0 Å². The van der Waals surface area contributed by atoms with Crippen molar-refractivity contribution in [3.05, 3.63) is 56.6 Å². The van der Waals surface area contributed by atoms with Gasteiger partial charge in [-0.05, 0) is 38.0 Å². The molecule has 134 valence electrons. The third kappa shape index (κ3) is 3.56. The molecule has 0 radical (unpaired) electrons. The van der Waals surface area contributed by atoms with Gasteiger partial charge in [-0.25, -0.2) is 9.59 Å². The topological polar surface area (TPSA) is 74.6 Å². The zero-order valence-electron chi connectivity index (χ0n) is 13.2. The van der Waals surface area contributed by atoms with Gasteiger partial charge in [0.05, 0.1) is 10.6 Å². The number of hydrogen-bond donors (Lipinski definition) is 2. The largest absolute Gasteiger partial charge is 0.478 e. The Hall–Kier alpha value is -2.28. The van der Waals surface area contributed by atoms with Gasteiger partial charge < -0.3 is 10.2 Å². The fourth-order valence-corrected chi connectivity index (χ4v) is 3.34. The molecular weight excluding hydrogens is 361 g/mol. The molecule has 25 heavy (non-hydrogen) atoms. The van der Waals surface area contributed by atoms with Crippen LogP contribution in [0, 0.1) is 0 Å². The van der Waals surface area contributed by atoms with E-state index in [0.29, 0.717) is 17.2 Å². The molecule has 1 aliphatic carbocycles. The highest BCUT2D eigenvalue weighted by atomic mass is 35.5. The van der Waals surface area contributed by atoms with Gasteiger partial charge in [0.2, 0.25) is 0 Å². The van der Waals surface area contributed by atoms with Crippen molar-refractivity contribution in [2.75, 3.05) is 0 Å². The van der Waals surface area contributed by atoms with Crippen molar-refractivity contribution in [1.29, 1.82) is 0 Å². The summed E-state index contributed by atoms with van der Waals surface area (Å²) in [5, 5.41) is 18.4. The average molecular weight is 375 g/mol. The van der Waals surface area contributed by atoms with E-state index in [-0.39, 0.29) is 23.1 Å². The zero-order chi connectivity index (χ0) is 19.1. The van der Waals surface area contributed by atoms with E-state index in [1.54, 1.807) is 0 Å². The van der Waals surface area contributed by atoms with E-state index in [2.05, 4.69) is 0 Å². The fourth-order valence-electron chi connectivity index (χ4n) is 3.11. The average Bonchev–Trinajstić information content (AvgIpc) is 2.44. The van der Waals surface area contributed by atoms with Crippen LogP contribution in [0.1, 0.15) is 37.3 Å². The van der Waals surface area contributed by atoms with Crippen LogP contribution in [0.15, 0.2) is 40.5 Å². The molecule has 2 N–H and O–H groups in total. The first-order valence-corrected chi connectivity index (χ1v) is 7.55. The van der Waals surface area contributed by atoms with Crippen LogP contribution in [0.2, 0.25) is 5.02 Å². The van der Waals surface area contributed by atoms with Gasteiger partial charge in [0.25, 0.3) is 0 Å². The molecule has 0 aliphatic heterocycles. The summed E-state index contributed by atoms with van der Waals surface area (Å²) >= 11 is 5.60. The minimum absolute atomic E-state index is 0.0788. The number of halogens is 4. The number of rotatable bonds is 3. The van der Waals surface area contributed by atoms with Gasteiger partial charge >= 0.3 is 18.1 Å². The number of carboxylic acids is 2. The molecule has 1 aromatic rings. The lowest BCUT2D eigenvalue weighted by Gasteiger charge is -2.28. The molecule has 0 amide bonds. The molecule has 0 fully saturated rings. The third-order valence-corrected chi connectivity index (χ3v) is 4.45. The lowest BCUT2D eigenvalue weighted by atomic mass is 9.75. The van der Waals surface area contributed by atoms with Crippen LogP contribution in [0.5, 0.6) is 0 Å². The molecule has 1 aromatic carbocycles. The van der Waals surface area contributed by atoms with E-state index < -0.39 is 34.6 Å². The first-order chi connectivity index (χ1) is 11.4. The van der Waals surface area contributed by atoms with Crippen LogP contribution in [-0.2, 0) is 15.8 Å². The van der Waals surface area contributed by atoms with Crippen LogP contribution in [0.4, 0.5) is 13.2 Å². The van der Waals surface area contributed by atoms with Gasteiger partial charge in [0.1, 0.15) is 0 Å². The van der Waals surface area contributed by atoms with Crippen LogP contribution in [0.25, 0.3) is 0 Å². The second-order valence-electron chi connectivity index (χ2n) is 5.85. The first-order valence-electron chi connectivity index (χ1n) is 7.17. The van der Waals surface area contributed by atoms with E-state index in [1.165, 1.54) is 19.9 Å². The van der Waals surface area contributed by atoms with Gasteiger partial charge in [-0.3, -0.25) is 0 Å². The maximum atomic E-state index is 13.1. The van der Waals surface area contributed by atoms with Crippen LogP contribution < -0.4 is 0 Å². The molecule has 0 heterocycles. The summed E-state index contributed by atoms with van der Waals surface area (Å²) < 4.78 is 39.4. The van der Waals surface area contributed by atoms with Gasteiger partial charge in [-0.2, -0.15) is 13.2 Å². The van der Waals surface area contributed by atoms with Crippen LogP contribution in [-0.4, -0.2) is 22.2 Å². The fraction of sp³-hybridized carbons (Fsp3) is 0.294. The molecule has 1 aliphatic rings. The lowest BCUT2D eigenvalue weighted by molar-refractivity contribution is -0.137. The second kappa shape index (κ2) is 6.55. The Morgan fingerprint density at radius 3 is 1.96 bits per heavy atom. The van der Waals surface area contributed by atoms with Crippen molar-refractivity contribution in [1.82, 2.24) is 0 Å². The Balaban J connectivity index is 2.76. The minimum atomic E-state index is -4.74. The Morgan fingerprint density at radius 1 is 1.08 bits per heavy atom. The summed E-state index contributed by atoms with van der Waals surface area (Å²) in [4.78, 5) is 23.3. The monoisotopic (exact) mass is 374 g/mol. The number of carbonyl (C=O) groups is 2. The van der Waals surface area contributed by atoms with Crippen molar-refractivity contribution < 1.29 is 33.0 Å². The number of allylic oxidation sites excluding steroid dienone is 2. The second-order valence-corrected chi connectivity index (χ2v) is 6.25. The van der Waals surface area contributed by atoms with E-state index in [9.17, 15) is 33.0 Å².